The van der Waals surface area contributed by atoms with Gasteiger partial charge in [-0.05, 0) is 22.6 Å². The maximum atomic E-state index is 11.9. The molecule has 0 aliphatic rings. The Balaban J connectivity index is 2.41. The van der Waals surface area contributed by atoms with Gasteiger partial charge in [-0.25, -0.2) is 4.79 Å². The quantitative estimate of drug-likeness (QED) is 0.837. The van der Waals surface area contributed by atoms with E-state index in [-0.39, 0.29) is 12.5 Å². The predicted octanol–water partition coefficient (Wildman–Crippen LogP) is -0.172. The van der Waals surface area contributed by atoms with Crippen LogP contribution in [0.5, 0.6) is 0 Å². The number of hydrogen-bond donors (Lipinski definition) is 1. The maximum Gasteiger partial charge on any atom is 0.369 e. The molecule has 0 aliphatic heterocycles. The third kappa shape index (κ3) is 2.25. The highest BCUT2D eigenvalue weighted by Gasteiger charge is 2.12. The van der Waals surface area contributed by atoms with Gasteiger partial charge in [-0.1, -0.05) is 23.7 Å². The van der Waals surface area contributed by atoms with Crippen molar-refractivity contribution >= 4 is 17.5 Å². The van der Waals surface area contributed by atoms with E-state index in [2.05, 4.69) is 15.7 Å². The summed E-state index contributed by atoms with van der Waals surface area (Å²) in [5.41, 5.74) is -0.0981. The molecule has 0 saturated carbocycles. The largest absolute Gasteiger partial charge is 0.369 e. The zero-order valence-corrected chi connectivity index (χ0v) is 10.3. The van der Waals surface area contributed by atoms with Crippen molar-refractivity contribution in [3.63, 3.8) is 0 Å². The second-order valence-electron chi connectivity index (χ2n) is 3.46. The molecule has 2 rings (SSSR count). The average Bonchev–Trinajstić information content (AvgIpc) is 2.72. The topological polar surface area (TPSA) is 81.8 Å². The number of amides is 1. The van der Waals surface area contributed by atoms with Crippen molar-refractivity contribution in [2.24, 2.45) is 0 Å². The molecule has 0 bridgehead atoms. The maximum absolute atomic E-state index is 11.9. The van der Waals surface area contributed by atoms with Crippen molar-refractivity contribution < 1.29 is 4.79 Å². The molecule has 0 saturated heterocycles. The normalized spacial score (nSPS) is 10.3. The first-order valence-electron chi connectivity index (χ1n) is 5.12. The number of benzene rings is 1. The highest BCUT2D eigenvalue weighted by atomic mass is 35.5. The summed E-state index contributed by atoms with van der Waals surface area (Å²) in [6, 6.07) is 6.75. The SMILES string of the molecule is CNC(=O)Cn1nnn(-c2ccccc2Cl)c1=O. The number of likely N-dealkylation sites (N-methyl/N-ethyl adjacent to an activating group) is 1. The second kappa shape index (κ2) is 5.01. The van der Waals surface area contributed by atoms with Gasteiger partial charge < -0.3 is 5.32 Å². The monoisotopic (exact) mass is 267 g/mol. The molecule has 1 heterocycles. The van der Waals surface area contributed by atoms with Gasteiger partial charge in [-0.15, -0.1) is 0 Å². The van der Waals surface area contributed by atoms with Crippen LogP contribution in [0.4, 0.5) is 0 Å². The predicted molar refractivity (Wildman–Crippen MR) is 64.7 cm³/mol. The van der Waals surface area contributed by atoms with Crippen LogP contribution in [0.3, 0.4) is 0 Å². The van der Waals surface area contributed by atoms with E-state index < -0.39 is 5.69 Å². The zero-order chi connectivity index (χ0) is 13.1. The number of nitrogens with one attached hydrogen (secondary N) is 1. The Morgan fingerprint density at radius 2 is 2.11 bits per heavy atom. The van der Waals surface area contributed by atoms with E-state index in [1.807, 2.05) is 0 Å². The molecule has 0 spiro atoms. The molecule has 7 nitrogen and oxygen atoms in total. The van der Waals surface area contributed by atoms with Gasteiger partial charge in [0.05, 0.1) is 10.7 Å². The summed E-state index contributed by atoms with van der Waals surface area (Å²) in [7, 11) is 1.48. The van der Waals surface area contributed by atoms with E-state index in [9.17, 15) is 9.59 Å². The molecular weight excluding hydrogens is 258 g/mol. The first-order valence-corrected chi connectivity index (χ1v) is 5.49. The summed E-state index contributed by atoms with van der Waals surface area (Å²) < 4.78 is 2.01. The van der Waals surface area contributed by atoms with E-state index in [1.54, 1.807) is 24.3 Å². The second-order valence-corrected chi connectivity index (χ2v) is 3.86. The molecule has 8 heteroatoms. The van der Waals surface area contributed by atoms with E-state index in [4.69, 9.17) is 11.6 Å². The number of aromatic nitrogens is 4. The zero-order valence-electron chi connectivity index (χ0n) is 9.50. The highest BCUT2D eigenvalue weighted by molar-refractivity contribution is 6.32. The van der Waals surface area contributed by atoms with Crippen LogP contribution in [0.2, 0.25) is 5.02 Å². The summed E-state index contributed by atoms with van der Waals surface area (Å²) in [5, 5.41) is 10.1. The molecule has 0 unspecified atom stereocenters. The Hall–Kier alpha value is -2.15. The fourth-order valence-corrected chi connectivity index (χ4v) is 1.58. The van der Waals surface area contributed by atoms with Gasteiger partial charge in [0.1, 0.15) is 6.54 Å². The molecule has 0 fully saturated rings. The van der Waals surface area contributed by atoms with Crippen LogP contribution in [0.15, 0.2) is 29.1 Å². The Morgan fingerprint density at radius 3 is 2.78 bits per heavy atom. The van der Waals surface area contributed by atoms with Crippen LogP contribution >= 0.6 is 11.6 Å². The smallest absolute Gasteiger partial charge is 0.358 e. The van der Waals surface area contributed by atoms with Crippen LogP contribution in [0.25, 0.3) is 5.69 Å². The van der Waals surface area contributed by atoms with Gasteiger partial charge in [0, 0.05) is 7.05 Å². The van der Waals surface area contributed by atoms with Crippen molar-refractivity contribution in [2.45, 2.75) is 6.54 Å². The number of nitrogens with zero attached hydrogens (tertiary/aromatic N) is 4. The molecule has 0 radical (unpaired) electrons. The van der Waals surface area contributed by atoms with Gasteiger partial charge in [0.25, 0.3) is 0 Å². The molecule has 1 N–H and O–H groups in total. The van der Waals surface area contributed by atoms with E-state index in [1.165, 1.54) is 7.05 Å². The number of halogens is 1. The van der Waals surface area contributed by atoms with Gasteiger partial charge >= 0.3 is 5.69 Å². The lowest BCUT2D eigenvalue weighted by Crippen LogP contribution is -2.31. The summed E-state index contributed by atoms with van der Waals surface area (Å²) >= 11 is 5.96. The lowest BCUT2D eigenvalue weighted by molar-refractivity contribution is -0.121. The van der Waals surface area contributed by atoms with Crippen molar-refractivity contribution in [1.29, 1.82) is 0 Å². The fourth-order valence-electron chi connectivity index (χ4n) is 1.36. The van der Waals surface area contributed by atoms with Crippen LogP contribution in [0.1, 0.15) is 0 Å². The molecule has 1 amide bonds. The summed E-state index contributed by atoms with van der Waals surface area (Å²) in [4.78, 5) is 23.1. The standard InChI is InChI=1S/C10H10ClN5O2/c1-12-9(17)6-15-10(18)16(14-13-15)8-5-3-2-4-7(8)11/h2-5H,6H2,1H3,(H,12,17). The molecule has 18 heavy (non-hydrogen) atoms. The minimum absolute atomic E-state index is 0.181. The third-order valence-corrected chi connectivity index (χ3v) is 2.61. The Labute approximate surface area is 107 Å². The Bertz CT molecular complexity index is 633. The summed E-state index contributed by atoms with van der Waals surface area (Å²) in [6.45, 7) is -0.181. The van der Waals surface area contributed by atoms with Crippen molar-refractivity contribution in [2.75, 3.05) is 7.05 Å². The lowest BCUT2D eigenvalue weighted by atomic mass is 10.3. The van der Waals surface area contributed by atoms with Crippen LogP contribution in [0, 0.1) is 0 Å². The van der Waals surface area contributed by atoms with Crippen molar-refractivity contribution in [3.05, 3.63) is 39.8 Å². The number of carbonyl (C=O) groups excluding carboxylic acids is 1. The van der Waals surface area contributed by atoms with E-state index >= 15 is 0 Å². The first-order chi connectivity index (χ1) is 8.63. The summed E-state index contributed by atoms with van der Waals surface area (Å²) in [6.07, 6.45) is 0. The van der Waals surface area contributed by atoms with Gasteiger partial charge in [0.15, 0.2) is 0 Å². The van der Waals surface area contributed by atoms with Crippen LogP contribution in [-0.4, -0.2) is 32.7 Å². The lowest BCUT2D eigenvalue weighted by Gasteiger charge is -2.00. The van der Waals surface area contributed by atoms with Gasteiger partial charge in [-0.2, -0.15) is 9.36 Å². The third-order valence-electron chi connectivity index (χ3n) is 2.29. The Morgan fingerprint density at radius 1 is 1.39 bits per heavy atom. The first kappa shape index (κ1) is 12.3. The molecule has 1 aromatic carbocycles. The van der Waals surface area contributed by atoms with Crippen molar-refractivity contribution in [3.8, 4) is 5.69 Å². The van der Waals surface area contributed by atoms with Crippen molar-refractivity contribution in [1.82, 2.24) is 25.1 Å². The van der Waals surface area contributed by atoms with Gasteiger partial charge in [-0.3, -0.25) is 4.79 Å². The molecule has 1 aromatic heterocycles. The minimum Gasteiger partial charge on any atom is -0.358 e. The number of rotatable bonds is 3. The Kier molecular flexibility index (Phi) is 3.42. The number of tetrazole rings is 1. The number of carbonyl (C=O) groups is 1. The number of hydrogen-bond acceptors (Lipinski definition) is 4. The molecule has 0 aliphatic carbocycles. The highest BCUT2D eigenvalue weighted by Crippen LogP contribution is 2.16. The molecule has 2 aromatic rings. The molecule has 0 atom stereocenters. The van der Waals surface area contributed by atoms with Crippen LogP contribution < -0.4 is 11.0 Å². The van der Waals surface area contributed by atoms with E-state index in [0.29, 0.717) is 10.7 Å². The van der Waals surface area contributed by atoms with Gasteiger partial charge in [0.2, 0.25) is 5.91 Å². The fraction of sp³-hybridized carbons (Fsp3) is 0.200. The van der Waals surface area contributed by atoms with Crippen LogP contribution in [-0.2, 0) is 11.3 Å². The van der Waals surface area contributed by atoms with E-state index in [0.717, 1.165) is 9.36 Å². The molecular formula is C10H10ClN5O2. The molecule has 94 valence electrons. The summed E-state index contributed by atoms with van der Waals surface area (Å²) in [5.74, 6) is -0.330. The average molecular weight is 268 g/mol. The number of para-hydroxylation sites is 1. The minimum atomic E-state index is -0.522.